The molecule has 0 aromatic heterocycles. The maximum atomic E-state index is 12.8. The fourth-order valence-electron chi connectivity index (χ4n) is 2.10. The van der Waals surface area contributed by atoms with Gasteiger partial charge in [-0.25, -0.2) is 13.2 Å². The van der Waals surface area contributed by atoms with Crippen LogP contribution in [0.3, 0.4) is 0 Å². The Hall–Kier alpha value is -1.91. The Kier molecular flexibility index (Phi) is 5.69. The van der Waals surface area contributed by atoms with Crippen LogP contribution in [0.5, 0.6) is 0 Å². The van der Waals surface area contributed by atoms with Gasteiger partial charge in [0.05, 0.1) is 22.4 Å². The summed E-state index contributed by atoms with van der Waals surface area (Å²) in [6.45, 7) is 6.94. The third-order valence-corrected chi connectivity index (χ3v) is 5.60. The third kappa shape index (κ3) is 3.64. The molecule has 1 aromatic rings. The molecular weight excluding hydrogens is 304 g/mol. The first-order valence-corrected chi connectivity index (χ1v) is 8.33. The Balaban J connectivity index is 3.44. The fourth-order valence-corrected chi connectivity index (χ4v) is 3.96. The minimum absolute atomic E-state index is 0.0168. The normalized spacial score (nSPS) is 12.9. The molecule has 0 fully saturated rings. The summed E-state index contributed by atoms with van der Waals surface area (Å²) in [6, 6.07) is 4.64. The van der Waals surface area contributed by atoms with Gasteiger partial charge < -0.3 is 5.11 Å². The van der Waals surface area contributed by atoms with Crippen molar-refractivity contribution in [1.29, 1.82) is 5.26 Å². The van der Waals surface area contributed by atoms with Gasteiger partial charge in [-0.3, -0.25) is 0 Å². The van der Waals surface area contributed by atoms with Crippen molar-refractivity contribution < 1.29 is 18.3 Å². The second kappa shape index (κ2) is 6.90. The van der Waals surface area contributed by atoms with E-state index in [0.717, 1.165) is 0 Å². The molecule has 0 heterocycles. The average Bonchev–Trinajstić information content (AvgIpc) is 2.46. The van der Waals surface area contributed by atoms with Crippen molar-refractivity contribution in [1.82, 2.24) is 4.31 Å². The van der Waals surface area contributed by atoms with Gasteiger partial charge in [0.2, 0.25) is 10.0 Å². The van der Waals surface area contributed by atoms with E-state index in [1.54, 1.807) is 27.7 Å². The smallest absolute Gasteiger partial charge is 0.335 e. The lowest BCUT2D eigenvalue weighted by molar-refractivity contribution is 0.0696. The lowest BCUT2D eigenvalue weighted by atomic mass is 10.1. The number of rotatable bonds is 6. The zero-order chi connectivity index (χ0) is 17.1. The Morgan fingerprint density at radius 3 is 2.45 bits per heavy atom. The van der Waals surface area contributed by atoms with Gasteiger partial charge in [-0.15, -0.1) is 0 Å². The standard InChI is InChI=1S/C15H20N2O4S/c1-5-17(9-10(2)8-16)22(20,21)14-7-13(15(18)19)6-11(3)12(14)4/h6-7,10H,5,9H2,1-4H3,(H,18,19). The number of sulfonamides is 1. The number of carboxylic acid groups (broad SMARTS) is 1. The van der Waals surface area contributed by atoms with Crippen molar-refractivity contribution in [3.8, 4) is 6.07 Å². The molecule has 1 aromatic carbocycles. The molecule has 0 aliphatic carbocycles. The minimum atomic E-state index is -3.85. The molecule has 0 bridgehead atoms. The van der Waals surface area contributed by atoms with Gasteiger partial charge in [0.1, 0.15) is 0 Å². The van der Waals surface area contributed by atoms with E-state index in [1.165, 1.54) is 16.4 Å². The van der Waals surface area contributed by atoms with Crippen molar-refractivity contribution in [2.45, 2.75) is 32.6 Å². The van der Waals surface area contributed by atoms with Crippen LogP contribution in [0.25, 0.3) is 0 Å². The van der Waals surface area contributed by atoms with Crippen molar-refractivity contribution in [3.05, 3.63) is 28.8 Å². The molecule has 1 N–H and O–H groups in total. The molecule has 0 amide bonds. The highest BCUT2D eigenvalue weighted by molar-refractivity contribution is 7.89. The number of carboxylic acids is 1. The lowest BCUT2D eigenvalue weighted by Crippen LogP contribution is -2.35. The van der Waals surface area contributed by atoms with Crippen LogP contribution in [0.4, 0.5) is 0 Å². The molecule has 0 saturated heterocycles. The first-order valence-electron chi connectivity index (χ1n) is 6.89. The summed E-state index contributed by atoms with van der Waals surface area (Å²) < 4.78 is 26.8. The van der Waals surface area contributed by atoms with Crippen LogP contribution < -0.4 is 0 Å². The second-order valence-corrected chi connectivity index (χ2v) is 7.11. The van der Waals surface area contributed by atoms with Gasteiger partial charge in [0.25, 0.3) is 0 Å². The number of benzene rings is 1. The molecule has 1 atom stereocenters. The molecule has 0 aliphatic rings. The van der Waals surface area contributed by atoms with E-state index in [4.69, 9.17) is 10.4 Å². The van der Waals surface area contributed by atoms with E-state index in [9.17, 15) is 13.2 Å². The topological polar surface area (TPSA) is 98.5 Å². The Bertz CT molecular complexity index is 720. The predicted molar refractivity (Wildman–Crippen MR) is 82.1 cm³/mol. The summed E-state index contributed by atoms with van der Waals surface area (Å²) in [6.07, 6.45) is 0. The molecule has 120 valence electrons. The van der Waals surface area contributed by atoms with Gasteiger partial charge in [0, 0.05) is 13.1 Å². The highest BCUT2D eigenvalue weighted by atomic mass is 32.2. The third-order valence-electron chi connectivity index (χ3n) is 3.54. The molecule has 6 nitrogen and oxygen atoms in total. The van der Waals surface area contributed by atoms with E-state index in [0.29, 0.717) is 11.1 Å². The van der Waals surface area contributed by atoms with E-state index in [-0.39, 0.29) is 23.5 Å². The van der Waals surface area contributed by atoms with Crippen molar-refractivity contribution in [2.75, 3.05) is 13.1 Å². The summed E-state index contributed by atoms with van der Waals surface area (Å²) in [7, 11) is -3.85. The molecule has 0 saturated carbocycles. The zero-order valence-electron chi connectivity index (χ0n) is 13.1. The number of hydrogen-bond donors (Lipinski definition) is 1. The fraction of sp³-hybridized carbons (Fsp3) is 0.467. The molecular formula is C15H20N2O4S. The van der Waals surface area contributed by atoms with Crippen LogP contribution in [0.1, 0.15) is 35.3 Å². The van der Waals surface area contributed by atoms with Crippen LogP contribution in [0.2, 0.25) is 0 Å². The number of aryl methyl sites for hydroxylation is 1. The number of hydrogen-bond acceptors (Lipinski definition) is 4. The maximum Gasteiger partial charge on any atom is 0.335 e. The van der Waals surface area contributed by atoms with Gasteiger partial charge in [0.15, 0.2) is 0 Å². The first kappa shape index (κ1) is 18.1. The summed E-state index contributed by atoms with van der Waals surface area (Å²) in [5.41, 5.74) is 1.06. The molecule has 0 aliphatic heterocycles. The van der Waals surface area contributed by atoms with E-state index in [1.807, 2.05) is 6.07 Å². The van der Waals surface area contributed by atoms with Crippen molar-refractivity contribution in [3.63, 3.8) is 0 Å². The monoisotopic (exact) mass is 324 g/mol. The highest BCUT2D eigenvalue weighted by Gasteiger charge is 2.28. The predicted octanol–water partition coefficient (Wildman–Crippen LogP) is 2.17. The van der Waals surface area contributed by atoms with Crippen LogP contribution in [-0.2, 0) is 10.0 Å². The highest BCUT2D eigenvalue weighted by Crippen LogP contribution is 2.25. The average molecular weight is 324 g/mol. The minimum Gasteiger partial charge on any atom is -0.478 e. The van der Waals surface area contributed by atoms with Gasteiger partial charge in [-0.2, -0.15) is 9.57 Å². The Morgan fingerprint density at radius 1 is 1.41 bits per heavy atom. The maximum absolute atomic E-state index is 12.8. The summed E-state index contributed by atoms with van der Waals surface area (Å²) in [4.78, 5) is 11.1. The molecule has 22 heavy (non-hydrogen) atoms. The Labute approximate surface area is 131 Å². The number of nitriles is 1. The van der Waals surface area contributed by atoms with Crippen LogP contribution in [0, 0.1) is 31.1 Å². The number of aromatic carboxylic acids is 1. The summed E-state index contributed by atoms with van der Waals surface area (Å²) >= 11 is 0. The van der Waals surface area contributed by atoms with Crippen LogP contribution in [0.15, 0.2) is 17.0 Å². The largest absolute Gasteiger partial charge is 0.478 e. The SMILES string of the molecule is CCN(CC(C)C#N)S(=O)(=O)c1cc(C(=O)O)cc(C)c1C. The summed E-state index contributed by atoms with van der Waals surface area (Å²) in [5.74, 6) is -1.62. The lowest BCUT2D eigenvalue weighted by Gasteiger charge is -2.23. The van der Waals surface area contributed by atoms with Crippen molar-refractivity contribution in [2.24, 2.45) is 5.92 Å². The van der Waals surface area contributed by atoms with E-state index >= 15 is 0 Å². The van der Waals surface area contributed by atoms with Gasteiger partial charge in [-0.1, -0.05) is 6.92 Å². The first-order chi connectivity index (χ1) is 10.1. The second-order valence-electron chi connectivity index (χ2n) is 5.21. The molecule has 1 rings (SSSR count). The molecule has 7 heteroatoms. The Morgan fingerprint density at radius 2 is 2.00 bits per heavy atom. The van der Waals surface area contributed by atoms with Crippen LogP contribution >= 0.6 is 0 Å². The quantitative estimate of drug-likeness (QED) is 0.864. The molecule has 1 unspecified atom stereocenters. The van der Waals surface area contributed by atoms with Crippen molar-refractivity contribution >= 4 is 16.0 Å². The van der Waals surface area contributed by atoms with E-state index < -0.39 is 21.9 Å². The molecule has 0 radical (unpaired) electrons. The van der Waals surface area contributed by atoms with E-state index in [2.05, 4.69) is 0 Å². The van der Waals surface area contributed by atoms with Crippen LogP contribution in [-0.4, -0.2) is 36.9 Å². The van der Waals surface area contributed by atoms with Gasteiger partial charge in [-0.05, 0) is 44.0 Å². The summed E-state index contributed by atoms with van der Waals surface area (Å²) in [5, 5.41) is 18.0. The zero-order valence-corrected chi connectivity index (χ0v) is 13.9. The molecule has 0 spiro atoms. The number of nitrogens with zero attached hydrogens (tertiary/aromatic N) is 2. The number of carbonyl (C=O) groups is 1. The van der Waals surface area contributed by atoms with Gasteiger partial charge >= 0.3 is 5.97 Å².